The molecule has 0 aliphatic rings. The van der Waals surface area contributed by atoms with Crippen molar-refractivity contribution in [3.63, 3.8) is 0 Å². The smallest absolute Gasteiger partial charge is 0.0149 e. The second-order valence-corrected chi connectivity index (χ2v) is 4.12. The van der Waals surface area contributed by atoms with E-state index in [9.17, 15) is 0 Å². The van der Waals surface area contributed by atoms with Gasteiger partial charge in [0.1, 0.15) is 0 Å². The first kappa shape index (κ1) is 9.97. The van der Waals surface area contributed by atoms with Gasteiger partial charge in [-0.15, -0.1) is 0 Å². The van der Waals surface area contributed by atoms with Gasteiger partial charge in [0.2, 0.25) is 0 Å². The Kier molecular flexibility index (Phi) is 2.59. The maximum atomic E-state index is 2.26. The van der Waals surface area contributed by atoms with Crippen LogP contribution in [0.4, 0.5) is 0 Å². The van der Waals surface area contributed by atoms with E-state index in [1.807, 2.05) is 0 Å². The highest BCUT2D eigenvalue weighted by Crippen LogP contribution is 2.26. The van der Waals surface area contributed by atoms with Crippen LogP contribution in [0.3, 0.4) is 0 Å². The van der Waals surface area contributed by atoms with E-state index in [1.165, 1.54) is 27.8 Å². The summed E-state index contributed by atoms with van der Waals surface area (Å²) in [5.41, 5.74) is 6.74. The van der Waals surface area contributed by atoms with Crippen LogP contribution in [0.15, 0.2) is 42.5 Å². The van der Waals surface area contributed by atoms with E-state index in [1.54, 1.807) is 0 Å². The van der Waals surface area contributed by atoms with Crippen molar-refractivity contribution >= 4 is 0 Å². The Bertz CT molecular complexity index is 467. The second-order valence-electron chi connectivity index (χ2n) is 4.12. The molecule has 0 radical (unpaired) electrons. The molecule has 0 N–H and O–H groups in total. The van der Waals surface area contributed by atoms with E-state index in [0.29, 0.717) is 0 Å². The average molecular weight is 196 g/mol. The van der Waals surface area contributed by atoms with E-state index in [0.717, 1.165) is 0 Å². The van der Waals surface area contributed by atoms with Gasteiger partial charge in [-0.1, -0.05) is 48.0 Å². The molecule has 0 heterocycles. The molecule has 2 aromatic carbocycles. The molecule has 0 bridgehead atoms. The molecule has 15 heavy (non-hydrogen) atoms. The van der Waals surface area contributed by atoms with Crippen LogP contribution in [0, 0.1) is 20.8 Å². The number of rotatable bonds is 1. The van der Waals surface area contributed by atoms with Gasteiger partial charge in [-0.25, -0.2) is 0 Å². The van der Waals surface area contributed by atoms with Gasteiger partial charge >= 0.3 is 0 Å². The zero-order valence-corrected chi connectivity index (χ0v) is 9.54. The number of aryl methyl sites for hydroxylation is 2. The van der Waals surface area contributed by atoms with Crippen molar-refractivity contribution in [2.24, 2.45) is 0 Å². The topological polar surface area (TPSA) is 0 Å². The Labute approximate surface area is 91.6 Å². The number of hydrogen-bond acceptors (Lipinski definition) is 0. The first-order valence-electron chi connectivity index (χ1n) is 5.32. The summed E-state index contributed by atoms with van der Waals surface area (Å²) in [7, 11) is 0. The Morgan fingerprint density at radius 3 is 2.13 bits per heavy atom. The second kappa shape index (κ2) is 3.90. The van der Waals surface area contributed by atoms with Crippen LogP contribution in [-0.4, -0.2) is 0 Å². The lowest BCUT2D eigenvalue weighted by Crippen LogP contribution is -1.89. The first-order valence-corrected chi connectivity index (χ1v) is 5.32. The van der Waals surface area contributed by atoms with Crippen molar-refractivity contribution in [1.82, 2.24) is 0 Å². The van der Waals surface area contributed by atoms with Crippen molar-refractivity contribution < 1.29 is 0 Å². The molecule has 0 saturated carbocycles. The van der Waals surface area contributed by atoms with Gasteiger partial charge in [-0.3, -0.25) is 0 Å². The molecule has 2 aromatic rings. The molecule has 0 aromatic heterocycles. The summed E-state index contributed by atoms with van der Waals surface area (Å²) in [5, 5.41) is 0. The molecule has 0 atom stereocenters. The van der Waals surface area contributed by atoms with Crippen LogP contribution in [0.2, 0.25) is 0 Å². The number of hydrogen-bond donors (Lipinski definition) is 0. The highest BCUT2D eigenvalue weighted by atomic mass is 14.1. The maximum absolute atomic E-state index is 2.26. The van der Waals surface area contributed by atoms with Gasteiger partial charge < -0.3 is 0 Å². The van der Waals surface area contributed by atoms with E-state index >= 15 is 0 Å². The van der Waals surface area contributed by atoms with Gasteiger partial charge in [0, 0.05) is 0 Å². The standard InChI is InChI=1S/C15H16/c1-11-9-12(2)13(3)15(10-11)14-7-5-4-6-8-14/h4-10H,1-3H3. The summed E-state index contributed by atoms with van der Waals surface area (Å²) in [6.45, 7) is 6.52. The van der Waals surface area contributed by atoms with Gasteiger partial charge in [0.25, 0.3) is 0 Å². The molecule has 2 rings (SSSR count). The summed E-state index contributed by atoms with van der Waals surface area (Å²) < 4.78 is 0. The molecule has 0 aliphatic carbocycles. The monoisotopic (exact) mass is 196 g/mol. The van der Waals surface area contributed by atoms with Crippen LogP contribution in [0.5, 0.6) is 0 Å². The van der Waals surface area contributed by atoms with Crippen LogP contribution >= 0.6 is 0 Å². The molecule has 0 aliphatic heterocycles. The van der Waals surface area contributed by atoms with Crippen LogP contribution in [-0.2, 0) is 0 Å². The summed E-state index contributed by atoms with van der Waals surface area (Å²) in [6, 6.07) is 15.1. The summed E-state index contributed by atoms with van der Waals surface area (Å²) >= 11 is 0. The van der Waals surface area contributed by atoms with Crippen LogP contribution in [0.1, 0.15) is 16.7 Å². The molecular weight excluding hydrogens is 180 g/mol. The molecule has 0 fully saturated rings. The minimum absolute atomic E-state index is 1.31. The molecule has 0 spiro atoms. The van der Waals surface area contributed by atoms with Crippen LogP contribution < -0.4 is 0 Å². The fourth-order valence-electron chi connectivity index (χ4n) is 1.96. The van der Waals surface area contributed by atoms with Crippen molar-refractivity contribution in [1.29, 1.82) is 0 Å². The largest absolute Gasteiger partial charge is 0.0622 e. The van der Waals surface area contributed by atoms with Gasteiger partial charge in [0.05, 0.1) is 0 Å². The maximum Gasteiger partial charge on any atom is -0.0149 e. The Balaban J connectivity index is 2.63. The number of benzene rings is 2. The minimum Gasteiger partial charge on any atom is -0.0622 e. The molecule has 76 valence electrons. The fourth-order valence-corrected chi connectivity index (χ4v) is 1.96. The zero-order valence-electron chi connectivity index (χ0n) is 9.54. The highest BCUT2D eigenvalue weighted by molar-refractivity contribution is 5.69. The molecule has 0 amide bonds. The van der Waals surface area contributed by atoms with Gasteiger partial charge in [0.15, 0.2) is 0 Å². The van der Waals surface area contributed by atoms with Crippen molar-refractivity contribution in [2.75, 3.05) is 0 Å². The van der Waals surface area contributed by atoms with E-state index in [-0.39, 0.29) is 0 Å². The van der Waals surface area contributed by atoms with Crippen molar-refractivity contribution in [3.8, 4) is 11.1 Å². The van der Waals surface area contributed by atoms with E-state index in [4.69, 9.17) is 0 Å². The fraction of sp³-hybridized carbons (Fsp3) is 0.200. The molecule has 0 unspecified atom stereocenters. The predicted molar refractivity (Wildman–Crippen MR) is 66.1 cm³/mol. The average Bonchev–Trinajstić information content (AvgIpc) is 2.24. The molecular formula is C15H16. The lowest BCUT2D eigenvalue weighted by molar-refractivity contribution is 1.30. The third-order valence-corrected chi connectivity index (χ3v) is 2.90. The third-order valence-electron chi connectivity index (χ3n) is 2.90. The first-order chi connectivity index (χ1) is 7.18. The molecule has 0 nitrogen and oxygen atoms in total. The van der Waals surface area contributed by atoms with Crippen LogP contribution in [0.25, 0.3) is 11.1 Å². The summed E-state index contributed by atoms with van der Waals surface area (Å²) in [4.78, 5) is 0. The predicted octanol–water partition coefficient (Wildman–Crippen LogP) is 4.28. The zero-order chi connectivity index (χ0) is 10.8. The normalized spacial score (nSPS) is 10.3. The molecule has 0 saturated heterocycles. The Hall–Kier alpha value is -1.56. The van der Waals surface area contributed by atoms with Crippen molar-refractivity contribution in [3.05, 3.63) is 59.2 Å². The van der Waals surface area contributed by atoms with E-state index in [2.05, 4.69) is 63.2 Å². The Morgan fingerprint density at radius 2 is 1.47 bits per heavy atom. The summed E-state index contributed by atoms with van der Waals surface area (Å²) in [5.74, 6) is 0. The van der Waals surface area contributed by atoms with Gasteiger partial charge in [-0.2, -0.15) is 0 Å². The third kappa shape index (κ3) is 1.94. The minimum atomic E-state index is 1.31. The SMILES string of the molecule is Cc1cc(C)c(C)c(-c2ccccc2)c1. The lowest BCUT2D eigenvalue weighted by Gasteiger charge is -2.10. The summed E-state index contributed by atoms with van der Waals surface area (Å²) in [6.07, 6.45) is 0. The van der Waals surface area contributed by atoms with E-state index < -0.39 is 0 Å². The van der Waals surface area contributed by atoms with Crippen molar-refractivity contribution in [2.45, 2.75) is 20.8 Å². The quantitative estimate of drug-likeness (QED) is 0.638. The Morgan fingerprint density at radius 1 is 0.800 bits per heavy atom. The lowest BCUT2D eigenvalue weighted by atomic mass is 9.95. The molecule has 0 heteroatoms. The van der Waals surface area contributed by atoms with Gasteiger partial charge in [-0.05, 0) is 43.0 Å². The highest BCUT2D eigenvalue weighted by Gasteiger charge is 2.04.